The largest absolute Gasteiger partial charge is 0.490 e. The predicted molar refractivity (Wildman–Crippen MR) is 85.3 cm³/mol. The van der Waals surface area contributed by atoms with Crippen LogP contribution in [-0.4, -0.2) is 17.5 Å². The van der Waals surface area contributed by atoms with Crippen molar-refractivity contribution in [3.63, 3.8) is 0 Å². The maximum Gasteiger partial charge on any atom is 0.158 e. The summed E-state index contributed by atoms with van der Waals surface area (Å²) in [6.07, 6.45) is 0.780. The Morgan fingerprint density at radius 3 is 2.78 bits per heavy atom. The van der Waals surface area contributed by atoms with Gasteiger partial charge in [0, 0.05) is 11.3 Å². The van der Waals surface area contributed by atoms with E-state index in [0.29, 0.717) is 33.9 Å². The van der Waals surface area contributed by atoms with Crippen LogP contribution in [0.5, 0.6) is 5.75 Å². The summed E-state index contributed by atoms with van der Waals surface area (Å²) in [6, 6.07) is 5.42. The molecule has 0 unspecified atom stereocenters. The van der Waals surface area contributed by atoms with Gasteiger partial charge in [-0.15, -0.1) is 11.6 Å². The third-order valence-electron chi connectivity index (χ3n) is 2.33. The Labute approximate surface area is 134 Å². The fourth-order valence-corrected chi connectivity index (χ4v) is 2.96. The molecule has 6 heteroatoms. The molecule has 0 fully saturated rings. The van der Waals surface area contributed by atoms with E-state index >= 15 is 0 Å². The van der Waals surface area contributed by atoms with Crippen LogP contribution in [0.4, 0.5) is 0 Å². The van der Waals surface area contributed by atoms with Gasteiger partial charge in [0.25, 0.3) is 0 Å². The van der Waals surface area contributed by atoms with E-state index in [9.17, 15) is 0 Å². The number of pyridine rings is 1. The summed E-state index contributed by atoms with van der Waals surface area (Å²) in [4.78, 5) is 4.29. The highest BCUT2D eigenvalue weighted by Crippen LogP contribution is 2.35. The molecule has 0 amide bonds. The molecule has 0 aliphatic rings. The predicted octanol–water partition coefficient (Wildman–Crippen LogP) is 5.15. The molecule has 0 saturated carbocycles. The smallest absolute Gasteiger partial charge is 0.158 e. The molecule has 2 aromatic rings. The summed E-state index contributed by atoms with van der Waals surface area (Å²) in [5, 5.41) is 1.90. The zero-order valence-electron chi connectivity index (χ0n) is 9.22. The number of alkyl halides is 1. The first-order valence-corrected chi connectivity index (χ1v) is 7.63. The van der Waals surface area contributed by atoms with Gasteiger partial charge in [0.05, 0.1) is 15.2 Å². The highest BCUT2D eigenvalue weighted by molar-refractivity contribution is 14.1. The number of nitrogens with zero attached hydrogens (tertiary/aromatic N) is 1. The van der Waals surface area contributed by atoms with Crippen molar-refractivity contribution in [1.29, 1.82) is 0 Å². The average Bonchev–Trinajstić information content (AvgIpc) is 2.33. The van der Waals surface area contributed by atoms with Crippen molar-refractivity contribution in [3.8, 4) is 5.75 Å². The second-order valence-electron chi connectivity index (χ2n) is 3.59. The molecule has 18 heavy (non-hydrogen) atoms. The first-order chi connectivity index (χ1) is 8.63. The molecule has 0 aliphatic carbocycles. The summed E-state index contributed by atoms with van der Waals surface area (Å²) >= 11 is 19.9. The highest BCUT2D eigenvalue weighted by atomic mass is 127. The monoisotopic (exact) mass is 415 g/mol. The third kappa shape index (κ3) is 3.13. The Morgan fingerprint density at radius 1 is 1.28 bits per heavy atom. The van der Waals surface area contributed by atoms with Crippen LogP contribution in [0.2, 0.25) is 10.2 Å². The maximum atomic E-state index is 6.18. The number of ether oxygens (including phenoxy) is 1. The SMILES string of the molecule is ClCCCOc1c(I)cc(Cl)c2ccc(Cl)nc12. The Morgan fingerprint density at radius 2 is 2.06 bits per heavy atom. The lowest BCUT2D eigenvalue weighted by Gasteiger charge is -2.11. The Bertz CT molecular complexity index is 577. The van der Waals surface area contributed by atoms with Crippen LogP contribution in [0.25, 0.3) is 10.9 Å². The zero-order chi connectivity index (χ0) is 13.1. The van der Waals surface area contributed by atoms with Crippen LogP contribution in [0.1, 0.15) is 6.42 Å². The second-order valence-corrected chi connectivity index (χ2v) is 5.93. The van der Waals surface area contributed by atoms with Crippen molar-refractivity contribution in [3.05, 3.63) is 31.9 Å². The van der Waals surface area contributed by atoms with Gasteiger partial charge in [-0.25, -0.2) is 4.98 Å². The fourth-order valence-electron chi connectivity index (χ4n) is 1.53. The topological polar surface area (TPSA) is 22.1 Å². The number of rotatable bonds is 4. The lowest BCUT2D eigenvalue weighted by molar-refractivity contribution is 0.319. The molecule has 0 N–H and O–H groups in total. The molecular formula is C12H9Cl3INO. The highest BCUT2D eigenvalue weighted by Gasteiger charge is 2.12. The molecule has 1 heterocycles. The number of benzene rings is 1. The molecule has 0 atom stereocenters. The first-order valence-electron chi connectivity index (χ1n) is 5.26. The zero-order valence-corrected chi connectivity index (χ0v) is 13.6. The van der Waals surface area contributed by atoms with E-state index < -0.39 is 0 Å². The van der Waals surface area contributed by atoms with Gasteiger partial charge >= 0.3 is 0 Å². The molecule has 1 aromatic heterocycles. The van der Waals surface area contributed by atoms with Crippen molar-refractivity contribution in [1.82, 2.24) is 4.98 Å². The van der Waals surface area contributed by atoms with Crippen molar-refractivity contribution in [2.45, 2.75) is 6.42 Å². The molecular weight excluding hydrogens is 407 g/mol. The van der Waals surface area contributed by atoms with Gasteiger partial charge in [-0.1, -0.05) is 23.2 Å². The lowest BCUT2D eigenvalue weighted by atomic mass is 10.2. The normalized spacial score (nSPS) is 10.9. The number of hydrogen-bond donors (Lipinski definition) is 0. The number of hydrogen-bond acceptors (Lipinski definition) is 2. The van der Waals surface area contributed by atoms with E-state index in [1.54, 1.807) is 6.07 Å². The van der Waals surface area contributed by atoms with Crippen molar-refractivity contribution in [2.24, 2.45) is 0 Å². The van der Waals surface area contributed by atoms with Gasteiger partial charge in [-0.05, 0) is 47.2 Å². The van der Waals surface area contributed by atoms with Crippen molar-refractivity contribution in [2.75, 3.05) is 12.5 Å². The summed E-state index contributed by atoms with van der Waals surface area (Å²) in [6.45, 7) is 0.546. The van der Waals surface area contributed by atoms with Crippen LogP contribution in [-0.2, 0) is 0 Å². The van der Waals surface area contributed by atoms with E-state index in [1.807, 2.05) is 12.1 Å². The molecule has 2 rings (SSSR count). The van der Waals surface area contributed by atoms with E-state index in [2.05, 4.69) is 27.6 Å². The summed E-state index contributed by atoms with van der Waals surface area (Å²) in [5.41, 5.74) is 0.689. The van der Waals surface area contributed by atoms with Crippen LogP contribution in [0, 0.1) is 3.57 Å². The van der Waals surface area contributed by atoms with Crippen molar-refractivity contribution < 1.29 is 4.74 Å². The van der Waals surface area contributed by atoms with Gasteiger partial charge in [0.2, 0.25) is 0 Å². The fraction of sp³-hybridized carbons (Fsp3) is 0.250. The first kappa shape index (κ1) is 14.4. The Kier molecular flexibility index (Phi) is 5.18. The van der Waals surface area contributed by atoms with Crippen LogP contribution in [0.15, 0.2) is 18.2 Å². The minimum atomic E-state index is 0.419. The van der Waals surface area contributed by atoms with E-state index in [0.717, 1.165) is 15.4 Å². The average molecular weight is 416 g/mol. The summed E-state index contributed by atoms with van der Waals surface area (Å²) in [7, 11) is 0. The van der Waals surface area contributed by atoms with Crippen LogP contribution < -0.4 is 4.74 Å². The van der Waals surface area contributed by atoms with Crippen molar-refractivity contribution >= 4 is 68.3 Å². The molecule has 0 radical (unpaired) electrons. The van der Waals surface area contributed by atoms with E-state index in [1.165, 1.54) is 0 Å². The minimum absolute atomic E-state index is 0.419. The second kappa shape index (κ2) is 6.46. The summed E-state index contributed by atoms with van der Waals surface area (Å²) < 4.78 is 6.64. The molecule has 0 saturated heterocycles. The standard InChI is InChI=1S/C12H9Cl3INO/c13-4-1-5-18-12-9(16)6-8(14)7-2-3-10(15)17-11(7)12/h2-3,6H,1,4-5H2. The molecule has 0 aliphatic heterocycles. The van der Waals surface area contributed by atoms with Gasteiger partial charge in [0.15, 0.2) is 5.75 Å². The maximum absolute atomic E-state index is 6.18. The van der Waals surface area contributed by atoms with Gasteiger partial charge < -0.3 is 4.74 Å². The molecule has 96 valence electrons. The van der Waals surface area contributed by atoms with E-state index in [-0.39, 0.29) is 0 Å². The van der Waals surface area contributed by atoms with Gasteiger partial charge in [-0.3, -0.25) is 0 Å². The summed E-state index contributed by atoms with van der Waals surface area (Å²) in [5.74, 6) is 1.28. The molecule has 0 bridgehead atoms. The Balaban J connectivity index is 2.52. The van der Waals surface area contributed by atoms with Crippen LogP contribution in [0.3, 0.4) is 0 Å². The quantitative estimate of drug-likeness (QED) is 0.298. The Hall–Kier alpha value is 0.0300. The van der Waals surface area contributed by atoms with Gasteiger partial charge in [0.1, 0.15) is 10.7 Å². The van der Waals surface area contributed by atoms with Gasteiger partial charge in [-0.2, -0.15) is 0 Å². The van der Waals surface area contributed by atoms with E-state index in [4.69, 9.17) is 39.5 Å². The third-order valence-corrected chi connectivity index (χ3v) is 3.92. The minimum Gasteiger partial charge on any atom is -0.490 e. The molecule has 1 aromatic carbocycles. The van der Waals surface area contributed by atoms with Crippen LogP contribution >= 0.6 is 57.4 Å². The number of halogens is 4. The number of fused-ring (bicyclic) bond motifs is 1. The lowest BCUT2D eigenvalue weighted by Crippen LogP contribution is -2.01. The molecule has 0 spiro atoms. The molecule has 2 nitrogen and oxygen atoms in total. The number of aromatic nitrogens is 1.